The minimum Gasteiger partial charge on any atom is -0.352 e. The number of nitrogens with zero attached hydrogens (tertiary/aromatic N) is 5. The molecule has 18 heavy (non-hydrogen) atoms. The van der Waals surface area contributed by atoms with Crippen molar-refractivity contribution in [2.45, 2.75) is 33.1 Å². The molecular formula is C11H17N7. The summed E-state index contributed by atoms with van der Waals surface area (Å²) in [7, 11) is 0. The van der Waals surface area contributed by atoms with Gasteiger partial charge in [-0.25, -0.2) is 9.97 Å². The molecule has 0 atom stereocenters. The fourth-order valence-corrected chi connectivity index (χ4v) is 1.66. The van der Waals surface area contributed by atoms with Gasteiger partial charge < -0.3 is 5.32 Å². The van der Waals surface area contributed by atoms with Crippen LogP contribution in [0.4, 0.5) is 5.95 Å². The maximum atomic E-state index is 4.45. The number of anilines is 1. The molecule has 2 aromatic rings. The van der Waals surface area contributed by atoms with Crippen LogP contribution in [0.3, 0.4) is 0 Å². The maximum Gasteiger partial charge on any atom is 0.242 e. The molecule has 0 unspecified atom stereocenters. The molecule has 0 aliphatic heterocycles. The van der Waals surface area contributed by atoms with E-state index < -0.39 is 0 Å². The van der Waals surface area contributed by atoms with E-state index in [1.807, 2.05) is 0 Å². The monoisotopic (exact) mass is 247 g/mol. The molecule has 0 spiro atoms. The van der Waals surface area contributed by atoms with Crippen molar-refractivity contribution in [3.8, 4) is 0 Å². The van der Waals surface area contributed by atoms with Crippen molar-refractivity contribution in [3.05, 3.63) is 23.5 Å². The van der Waals surface area contributed by atoms with Gasteiger partial charge in [-0.2, -0.15) is 10.2 Å². The average molecular weight is 247 g/mol. The summed E-state index contributed by atoms with van der Waals surface area (Å²) in [6.07, 6.45) is 3.98. The molecule has 0 bridgehead atoms. The first-order chi connectivity index (χ1) is 8.83. The van der Waals surface area contributed by atoms with Crippen LogP contribution in [0, 0.1) is 0 Å². The SMILES string of the molecule is CCc1nnc(NCCc2ncn[nH]2)nc1CC. The van der Waals surface area contributed by atoms with Gasteiger partial charge in [0.15, 0.2) is 0 Å². The zero-order valence-corrected chi connectivity index (χ0v) is 10.6. The highest BCUT2D eigenvalue weighted by molar-refractivity contribution is 5.25. The predicted octanol–water partition coefficient (Wildman–Crippen LogP) is 0.769. The molecule has 96 valence electrons. The normalized spacial score (nSPS) is 10.6. The van der Waals surface area contributed by atoms with E-state index in [-0.39, 0.29) is 0 Å². The molecular weight excluding hydrogens is 230 g/mol. The lowest BCUT2D eigenvalue weighted by molar-refractivity contribution is 0.811. The molecule has 0 fully saturated rings. The number of aryl methyl sites for hydroxylation is 2. The van der Waals surface area contributed by atoms with Crippen LogP contribution in [0.2, 0.25) is 0 Å². The number of nitrogens with one attached hydrogen (secondary N) is 2. The van der Waals surface area contributed by atoms with E-state index in [4.69, 9.17) is 0 Å². The maximum absolute atomic E-state index is 4.45. The highest BCUT2D eigenvalue weighted by Crippen LogP contribution is 2.06. The van der Waals surface area contributed by atoms with E-state index in [9.17, 15) is 0 Å². The van der Waals surface area contributed by atoms with Crippen LogP contribution < -0.4 is 5.32 Å². The lowest BCUT2D eigenvalue weighted by Crippen LogP contribution is -2.12. The number of rotatable bonds is 6. The first-order valence-electron chi connectivity index (χ1n) is 6.14. The van der Waals surface area contributed by atoms with Crippen LogP contribution in [-0.4, -0.2) is 36.9 Å². The Kier molecular flexibility index (Phi) is 4.16. The Hall–Kier alpha value is -2.05. The molecule has 0 aromatic carbocycles. The minimum atomic E-state index is 0.573. The first kappa shape index (κ1) is 12.4. The second-order valence-corrected chi connectivity index (χ2v) is 3.84. The van der Waals surface area contributed by atoms with Crippen LogP contribution in [-0.2, 0) is 19.3 Å². The van der Waals surface area contributed by atoms with Gasteiger partial charge in [-0.1, -0.05) is 13.8 Å². The van der Waals surface area contributed by atoms with Crippen molar-refractivity contribution in [2.75, 3.05) is 11.9 Å². The van der Waals surface area contributed by atoms with Crippen molar-refractivity contribution in [2.24, 2.45) is 0 Å². The molecule has 0 aliphatic carbocycles. The third kappa shape index (κ3) is 2.99. The van der Waals surface area contributed by atoms with E-state index in [0.29, 0.717) is 12.5 Å². The Labute approximate surface area is 105 Å². The summed E-state index contributed by atoms with van der Waals surface area (Å²) in [6, 6.07) is 0. The van der Waals surface area contributed by atoms with Crippen molar-refractivity contribution in [1.29, 1.82) is 0 Å². The van der Waals surface area contributed by atoms with Gasteiger partial charge in [-0.3, -0.25) is 5.10 Å². The van der Waals surface area contributed by atoms with Gasteiger partial charge in [0, 0.05) is 13.0 Å². The summed E-state index contributed by atoms with van der Waals surface area (Å²) in [4.78, 5) is 8.50. The Morgan fingerprint density at radius 1 is 1.17 bits per heavy atom. The number of hydrogen-bond donors (Lipinski definition) is 2. The molecule has 0 aliphatic rings. The topological polar surface area (TPSA) is 92.3 Å². The van der Waals surface area contributed by atoms with E-state index >= 15 is 0 Å². The van der Waals surface area contributed by atoms with Gasteiger partial charge in [0.1, 0.15) is 12.2 Å². The molecule has 0 saturated carbocycles. The van der Waals surface area contributed by atoms with Crippen LogP contribution in [0.25, 0.3) is 0 Å². The zero-order chi connectivity index (χ0) is 12.8. The molecule has 2 heterocycles. The minimum absolute atomic E-state index is 0.573. The fraction of sp³-hybridized carbons (Fsp3) is 0.545. The Bertz CT molecular complexity index is 480. The van der Waals surface area contributed by atoms with Crippen LogP contribution in [0.1, 0.15) is 31.1 Å². The lowest BCUT2D eigenvalue weighted by Gasteiger charge is -2.06. The van der Waals surface area contributed by atoms with E-state index in [1.54, 1.807) is 0 Å². The van der Waals surface area contributed by atoms with Gasteiger partial charge in [-0.15, -0.1) is 5.10 Å². The summed E-state index contributed by atoms with van der Waals surface area (Å²) in [5.74, 6) is 1.42. The Balaban J connectivity index is 1.93. The van der Waals surface area contributed by atoms with Crippen molar-refractivity contribution >= 4 is 5.95 Å². The van der Waals surface area contributed by atoms with E-state index in [0.717, 1.165) is 36.5 Å². The summed E-state index contributed by atoms with van der Waals surface area (Å²) in [5, 5.41) is 18.0. The van der Waals surface area contributed by atoms with Crippen molar-refractivity contribution in [3.63, 3.8) is 0 Å². The third-order valence-electron chi connectivity index (χ3n) is 2.62. The largest absolute Gasteiger partial charge is 0.352 e. The van der Waals surface area contributed by atoms with Crippen molar-refractivity contribution < 1.29 is 0 Å². The standard InChI is InChI=1S/C11H17N7/c1-3-8-9(4-2)16-18-11(15-8)12-6-5-10-13-7-14-17-10/h7H,3-6H2,1-2H3,(H,12,15,18)(H,13,14,17). The summed E-state index contributed by atoms with van der Waals surface area (Å²) >= 11 is 0. The molecule has 0 saturated heterocycles. The van der Waals surface area contributed by atoms with Gasteiger partial charge in [0.2, 0.25) is 5.95 Å². The molecule has 2 rings (SSSR count). The van der Waals surface area contributed by atoms with Gasteiger partial charge in [0.25, 0.3) is 0 Å². The number of aromatic nitrogens is 6. The molecule has 2 N–H and O–H groups in total. The number of hydrogen-bond acceptors (Lipinski definition) is 6. The van der Waals surface area contributed by atoms with Crippen LogP contribution in [0.15, 0.2) is 6.33 Å². The Morgan fingerprint density at radius 3 is 2.67 bits per heavy atom. The fourth-order valence-electron chi connectivity index (χ4n) is 1.66. The second kappa shape index (κ2) is 6.04. The number of aromatic amines is 1. The van der Waals surface area contributed by atoms with E-state index in [1.165, 1.54) is 6.33 Å². The van der Waals surface area contributed by atoms with E-state index in [2.05, 4.69) is 49.5 Å². The third-order valence-corrected chi connectivity index (χ3v) is 2.62. The first-order valence-corrected chi connectivity index (χ1v) is 6.14. The van der Waals surface area contributed by atoms with Crippen molar-refractivity contribution in [1.82, 2.24) is 30.4 Å². The predicted molar refractivity (Wildman–Crippen MR) is 67.2 cm³/mol. The summed E-state index contributed by atoms with van der Waals surface area (Å²) < 4.78 is 0. The summed E-state index contributed by atoms with van der Waals surface area (Å²) in [5.41, 5.74) is 1.98. The molecule has 0 amide bonds. The smallest absolute Gasteiger partial charge is 0.242 e. The van der Waals surface area contributed by atoms with Gasteiger partial charge in [-0.05, 0) is 12.8 Å². The number of H-pyrrole nitrogens is 1. The summed E-state index contributed by atoms with van der Waals surface area (Å²) in [6.45, 7) is 4.83. The average Bonchev–Trinajstić information content (AvgIpc) is 2.91. The Morgan fingerprint density at radius 2 is 2.00 bits per heavy atom. The zero-order valence-electron chi connectivity index (χ0n) is 10.6. The molecule has 7 heteroatoms. The van der Waals surface area contributed by atoms with Gasteiger partial charge >= 0.3 is 0 Å². The quantitative estimate of drug-likeness (QED) is 0.783. The second-order valence-electron chi connectivity index (χ2n) is 3.84. The van der Waals surface area contributed by atoms with Crippen LogP contribution >= 0.6 is 0 Å². The highest BCUT2D eigenvalue weighted by atomic mass is 15.2. The van der Waals surface area contributed by atoms with Crippen LogP contribution in [0.5, 0.6) is 0 Å². The molecule has 2 aromatic heterocycles. The lowest BCUT2D eigenvalue weighted by atomic mass is 10.2. The highest BCUT2D eigenvalue weighted by Gasteiger charge is 2.05. The van der Waals surface area contributed by atoms with Gasteiger partial charge in [0.05, 0.1) is 11.4 Å². The molecule has 0 radical (unpaired) electrons. The molecule has 7 nitrogen and oxygen atoms in total.